The van der Waals surface area contributed by atoms with Crippen molar-refractivity contribution in [1.29, 1.82) is 0 Å². The van der Waals surface area contributed by atoms with Crippen LogP contribution in [0.4, 0.5) is 0 Å². The number of rotatable bonds is 4. The smallest absolute Gasteiger partial charge is 0.253 e. The van der Waals surface area contributed by atoms with Gasteiger partial charge in [-0.2, -0.15) is 0 Å². The second-order valence-corrected chi connectivity index (χ2v) is 8.67. The summed E-state index contributed by atoms with van der Waals surface area (Å²) >= 11 is 0. The van der Waals surface area contributed by atoms with Crippen LogP contribution in [0.3, 0.4) is 0 Å². The minimum absolute atomic E-state index is 0. The maximum Gasteiger partial charge on any atom is 0.253 e. The molecule has 1 N–H and O–H groups in total. The molecule has 1 atom stereocenters. The number of hydrogen-bond donors (Lipinski definition) is 1. The second-order valence-electron chi connectivity index (χ2n) is 8.67. The molecule has 1 aromatic carbocycles. The molecule has 0 radical (unpaired) electrons. The first-order valence-electron chi connectivity index (χ1n) is 10.7. The number of amides is 1. The number of halogens is 1. The number of carbonyl (C=O) groups is 1. The lowest BCUT2D eigenvalue weighted by molar-refractivity contribution is -0.148. The molecule has 1 amide bonds. The van der Waals surface area contributed by atoms with Gasteiger partial charge in [0, 0.05) is 31.7 Å². The molecule has 31 heavy (non-hydrogen) atoms. The molecule has 2 aromatic rings. The van der Waals surface area contributed by atoms with Crippen molar-refractivity contribution in [3.8, 4) is 5.75 Å². The number of piperidine rings is 1. The molecule has 7 nitrogen and oxygen atoms in total. The zero-order valence-corrected chi connectivity index (χ0v) is 19.5. The van der Waals surface area contributed by atoms with Crippen LogP contribution in [0.1, 0.15) is 60.4 Å². The van der Waals surface area contributed by atoms with E-state index >= 15 is 0 Å². The number of hydrogen-bond acceptors (Lipinski definition) is 6. The van der Waals surface area contributed by atoms with Gasteiger partial charge in [0.05, 0.1) is 17.9 Å². The number of ether oxygens (including phenoxy) is 2. The molecule has 1 spiro atoms. The molecule has 2 aliphatic heterocycles. The first-order chi connectivity index (χ1) is 14.3. The Morgan fingerprint density at radius 3 is 2.65 bits per heavy atom. The highest BCUT2D eigenvalue weighted by Gasteiger charge is 2.42. The molecular formula is C23H32ClN3O4. The Labute approximate surface area is 189 Å². The Morgan fingerprint density at radius 1 is 1.29 bits per heavy atom. The molecular weight excluding hydrogens is 418 g/mol. The number of morpholine rings is 1. The number of aryl methyl sites for hydroxylation is 2. The Morgan fingerprint density at radius 2 is 2.03 bits per heavy atom. The van der Waals surface area contributed by atoms with Crippen LogP contribution in [-0.2, 0) is 4.74 Å². The van der Waals surface area contributed by atoms with Crippen LogP contribution in [0.25, 0.3) is 0 Å². The van der Waals surface area contributed by atoms with Crippen molar-refractivity contribution in [3.63, 3.8) is 0 Å². The fourth-order valence-electron chi connectivity index (χ4n) is 4.24. The van der Waals surface area contributed by atoms with E-state index in [-0.39, 0.29) is 36.1 Å². The normalized spacial score (nSPS) is 20.5. The Kier molecular flexibility index (Phi) is 7.29. The van der Waals surface area contributed by atoms with E-state index in [0.717, 1.165) is 36.5 Å². The zero-order valence-electron chi connectivity index (χ0n) is 18.6. The predicted octanol–water partition coefficient (Wildman–Crippen LogP) is 3.84. The van der Waals surface area contributed by atoms with Gasteiger partial charge in [0.15, 0.2) is 0 Å². The van der Waals surface area contributed by atoms with E-state index in [1.165, 1.54) is 0 Å². The third-order valence-corrected chi connectivity index (χ3v) is 5.83. The van der Waals surface area contributed by atoms with E-state index < -0.39 is 0 Å². The minimum atomic E-state index is -0.285. The predicted molar refractivity (Wildman–Crippen MR) is 120 cm³/mol. The van der Waals surface area contributed by atoms with E-state index in [0.29, 0.717) is 31.1 Å². The first kappa shape index (κ1) is 23.6. The second kappa shape index (κ2) is 9.59. The van der Waals surface area contributed by atoms with Gasteiger partial charge >= 0.3 is 0 Å². The van der Waals surface area contributed by atoms with Crippen LogP contribution in [0.5, 0.6) is 5.75 Å². The van der Waals surface area contributed by atoms with Crippen molar-refractivity contribution < 1.29 is 18.7 Å². The molecule has 2 aliphatic rings. The molecule has 170 valence electrons. The quantitative estimate of drug-likeness (QED) is 0.764. The summed E-state index contributed by atoms with van der Waals surface area (Å²) < 4.78 is 17.9. The van der Waals surface area contributed by atoms with Gasteiger partial charge < -0.3 is 24.1 Å². The summed E-state index contributed by atoms with van der Waals surface area (Å²) in [4.78, 5) is 19.3. The fraction of sp³-hybridized carbons (Fsp3) is 0.565. The summed E-state index contributed by atoms with van der Waals surface area (Å²) in [7, 11) is 0. The van der Waals surface area contributed by atoms with Crippen molar-refractivity contribution in [2.24, 2.45) is 0 Å². The third-order valence-electron chi connectivity index (χ3n) is 5.83. The summed E-state index contributed by atoms with van der Waals surface area (Å²) in [6, 6.07) is 5.67. The van der Waals surface area contributed by atoms with Crippen LogP contribution in [-0.4, -0.2) is 53.7 Å². The van der Waals surface area contributed by atoms with Crippen LogP contribution in [0.2, 0.25) is 0 Å². The highest BCUT2D eigenvalue weighted by Crippen LogP contribution is 2.35. The zero-order chi connectivity index (χ0) is 21.3. The number of oxazole rings is 1. The van der Waals surface area contributed by atoms with Gasteiger partial charge in [0.25, 0.3) is 5.91 Å². The summed E-state index contributed by atoms with van der Waals surface area (Å²) in [6.07, 6.45) is 3.22. The monoisotopic (exact) mass is 449 g/mol. The van der Waals surface area contributed by atoms with Crippen molar-refractivity contribution in [2.75, 3.05) is 26.2 Å². The van der Waals surface area contributed by atoms with Crippen LogP contribution < -0.4 is 10.1 Å². The molecule has 8 heteroatoms. The molecule has 2 fully saturated rings. The van der Waals surface area contributed by atoms with Gasteiger partial charge in [0.2, 0.25) is 5.89 Å². The van der Waals surface area contributed by atoms with E-state index in [9.17, 15) is 4.79 Å². The number of likely N-dealkylation sites (tertiary alicyclic amines) is 1. The summed E-state index contributed by atoms with van der Waals surface area (Å²) in [5, 5.41) is 3.47. The lowest BCUT2D eigenvalue weighted by atomic mass is 9.89. The van der Waals surface area contributed by atoms with E-state index in [2.05, 4.69) is 10.3 Å². The maximum absolute atomic E-state index is 13.0. The van der Waals surface area contributed by atoms with E-state index in [1.54, 1.807) is 6.20 Å². The number of benzene rings is 1. The van der Waals surface area contributed by atoms with Gasteiger partial charge in [0.1, 0.15) is 17.6 Å². The Balaban J connectivity index is 0.00000272. The largest absolute Gasteiger partial charge is 0.491 e. The standard InChI is InChI=1S/C23H31N3O4.ClH/c1-15(2)28-19-6-5-18(11-16(19)3)22(27)26-9-7-23(8-10-26)14-24-13-20(30-23)21-25-12-17(4)29-21;/h5-6,11-12,15,20,24H,7-10,13-14H2,1-4H3;1H. The highest BCUT2D eigenvalue weighted by molar-refractivity contribution is 5.94. The summed E-state index contributed by atoms with van der Waals surface area (Å²) in [6.45, 7) is 10.7. The minimum Gasteiger partial charge on any atom is -0.491 e. The summed E-state index contributed by atoms with van der Waals surface area (Å²) in [5.74, 6) is 2.30. The van der Waals surface area contributed by atoms with Gasteiger partial charge in [-0.3, -0.25) is 4.79 Å². The SMILES string of the molecule is Cc1cnc(C2CNCC3(CCN(C(=O)c4ccc(OC(C)C)c(C)c4)CC3)O2)o1.Cl. The number of nitrogens with one attached hydrogen (secondary N) is 1. The third kappa shape index (κ3) is 5.22. The van der Waals surface area contributed by atoms with Crippen LogP contribution >= 0.6 is 12.4 Å². The van der Waals surface area contributed by atoms with E-state index in [4.69, 9.17) is 13.9 Å². The average molecular weight is 450 g/mol. The molecule has 0 saturated carbocycles. The highest BCUT2D eigenvalue weighted by atomic mass is 35.5. The molecule has 0 bridgehead atoms. The molecule has 0 aliphatic carbocycles. The van der Waals surface area contributed by atoms with Crippen LogP contribution in [0.15, 0.2) is 28.8 Å². The number of aromatic nitrogens is 1. The van der Waals surface area contributed by atoms with Gasteiger partial charge in [-0.1, -0.05) is 0 Å². The molecule has 4 rings (SSSR count). The van der Waals surface area contributed by atoms with Crippen molar-refractivity contribution in [2.45, 2.75) is 58.3 Å². The average Bonchev–Trinajstić information content (AvgIpc) is 3.16. The molecule has 1 unspecified atom stereocenters. The Hall–Kier alpha value is -2.09. The van der Waals surface area contributed by atoms with Gasteiger partial charge in [-0.05, 0) is 64.3 Å². The lowest BCUT2D eigenvalue weighted by Crippen LogP contribution is -2.57. The molecule has 1 aromatic heterocycles. The first-order valence-corrected chi connectivity index (χ1v) is 10.7. The number of carbonyl (C=O) groups excluding carboxylic acids is 1. The topological polar surface area (TPSA) is 76.8 Å². The van der Waals surface area contributed by atoms with Crippen molar-refractivity contribution in [1.82, 2.24) is 15.2 Å². The van der Waals surface area contributed by atoms with Gasteiger partial charge in [-0.25, -0.2) is 4.98 Å². The fourth-order valence-corrected chi connectivity index (χ4v) is 4.24. The maximum atomic E-state index is 13.0. The van der Waals surface area contributed by atoms with Crippen molar-refractivity contribution >= 4 is 18.3 Å². The molecule has 2 saturated heterocycles. The number of nitrogens with zero attached hydrogens (tertiary/aromatic N) is 2. The van der Waals surface area contributed by atoms with Gasteiger partial charge in [-0.15, -0.1) is 12.4 Å². The van der Waals surface area contributed by atoms with Crippen molar-refractivity contribution in [3.05, 3.63) is 47.2 Å². The van der Waals surface area contributed by atoms with Crippen LogP contribution in [0, 0.1) is 13.8 Å². The van der Waals surface area contributed by atoms with E-state index in [1.807, 2.05) is 50.8 Å². The Bertz CT molecular complexity index is 906. The lowest BCUT2D eigenvalue weighted by Gasteiger charge is -2.46. The molecule has 3 heterocycles. The summed E-state index contributed by atoms with van der Waals surface area (Å²) in [5.41, 5.74) is 1.40.